The van der Waals surface area contributed by atoms with E-state index in [1.54, 1.807) is 0 Å². The summed E-state index contributed by atoms with van der Waals surface area (Å²) >= 11 is 0. The summed E-state index contributed by atoms with van der Waals surface area (Å²) in [6, 6.07) is 4.41. The van der Waals surface area contributed by atoms with Crippen molar-refractivity contribution in [1.82, 2.24) is 0 Å². The van der Waals surface area contributed by atoms with Gasteiger partial charge in [0.25, 0.3) is 0 Å². The first-order valence-electron chi connectivity index (χ1n) is 3.61. The Balaban J connectivity index is 3.38. The van der Waals surface area contributed by atoms with Gasteiger partial charge in [0.2, 0.25) is 0 Å². The molecule has 0 atom stereocenters. The summed E-state index contributed by atoms with van der Waals surface area (Å²) in [5.74, 6) is 0. The third-order valence-corrected chi connectivity index (χ3v) is 12.7. The van der Waals surface area contributed by atoms with Gasteiger partial charge >= 0.3 is 110 Å². The van der Waals surface area contributed by atoms with Crippen molar-refractivity contribution in [2.45, 2.75) is 4.90 Å². The molecular weight excluding hydrogens is 451 g/mol. The van der Waals surface area contributed by atoms with Crippen molar-refractivity contribution in [3.8, 4) is 0 Å². The van der Waals surface area contributed by atoms with Gasteiger partial charge in [0.15, 0.2) is 0 Å². The molecule has 0 aliphatic carbocycles. The Labute approximate surface area is 109 Å². The Bertz CT molecular complexity index is 517. The van der Waals surface area contributed by atoms with Crippen LogP contribution in [0.25, 0.3) is 0 Å². The van der Waals surface area contributed by atoms with Crippen LogP contribution < -0.4 is 3.51 Å². The number of hydrogen-bond acceptors (Lipinski definition) is 2. The average molecular weight is 456 g/mol. The Morgan fingerprint density at radius 3 is 1.56 bits per heavy atom. The summed E-state index contributed by atoms with van der Waals surface area (Å²) in [4.78, 5) is -0.338. The molecular formula is C6H5Cl5O3SSb-. The van der Waals surface area contributed by atoms with E-state index in [9.17, 15) is 8.42 Å². The van der Waals surface area contributed by atoms with Crippen LogP contribution in [0.3, 0.4) is 0 Å². The van der Waals surface area contributed by atoms with Crippen molar-refractivity contribution < 1.29 is 13.0 Å². The predicted octanol–water partition coefficient (Wildman–Crippen LogP) is 3.17. The number of halogens is 5. The predicted molar refractivity (Wildman–Crippen MR) is 70.9 cm³/mol. The molecule has 16 heavy (non-hydrogen) atoms. The molecule has 1 aromatic rings. The SMILES string of the molecule is O=S(=O)(O)c1cc[c]([Sb-]([Cl])([Cl])([Cl])([Cl])[Cl])cc1. The normalized spacial score (nSPS) is 17.6. The molecule has 1 rings (SSSR count). The van der Waals surface area contributed by atoms with E-state index in [0.29, 0.717) is 0 Å². The molecule has 0 bridgehead atoms. The van der Waals surface area contributed by atoms with Gasteiger partial charge in [-0.3, -0.25) is 0 Å². The van der Waals surface area contributed by atoms with E-state index in [-0.39, 0.29) is 8.41 Å². The zero-order valence-electron chi connectivity index (χ0n) is 7.32. The molecule has 0 unspecified atom stereocenters. The third kappa shape index (κ3) is 4.25. The quantitative estimate of drug-likeness (QED) is 0.550. The summed E-state index contributed by atoms with van der Waals surface area (Å²) in [5, 5.41) is 0. The van der Waals surface area contributed by atoms with Crippen LogP contribution in [0, 0.1) is 0 Å². The van der Waals surface area contributed by atoms with Crippen molar-refractivity contribution in [2.75, 3.05) is 0 Å². The fourth-order valence-corrected chi connectivity index (χ4v) is 7.19. The van der Waals surface area contributed by atoms with Crippen molar-refractivity contribution in [1.29, 1.82) is 0 Å². The van der Waals surface area contributed by atoms with Crippen LogP contribution >= 0.6 is 44.1 Å². The van der Waals surface area contributed by atoms with Crippen LogP contribution in [0.5, 0.6) is 0 Å². The van der Waals surface area contributed by atoms with E-state index in [0.717, 1.165) is 24.3 Å². The van der Waals surface area contributed by atoms with Gasteiger partial charge in [-0.05, 0) is 0 Å². The van der Waals surface area contributed by atoms with Crippen LogP contribution in [0.4, 0.5) is 0 Å². The summed E-state index contributed by atoms with van der Waals surface area (Å²) in [7, 11) is 18.8. The second-order valence-electron chi connectivity index (χ2n) is 3.03. The Kier molecular flexibility index (Phi) is 3.58. The molecule has 10 heteroatoms. The summed E-state index contributed by atoms with van der Waals surface area (Å²) in [5.41, 5.74) is 0. The first-order valence-corrected chi connectivity index (χ1v) is 22.5. The van der Waals surface area contributed by atoms with Crippen LogP contribution in [0.2, 0.25) is 0 Å². The molecule has 1 aromatic carbocycles. The molecule has 0 saturated carbocycles. The Morgan fingerprint density at radius 1 is 0.938 bits per heavy atom. The van der Waals surface area contributed by atoms with Crippen molar-refractivity contribution in [3.05, 3.63) is 24.3 Å². The molecule has 0 saturated heterocycles. The van der Waals surface area contributed by atoms with E-state index in [4.69, 9.17) is 48.7 Å². The summed E-state index contributed by atoms with van der Waals surface area (Å²) in [6.07, 6.45) is 0. The minimum atomic E-state index is -5.86. The van der Waals surface area contributed by atoms with E-state index >= 15 is 0 Å². The molecule has 94 valence electrons. The monoisotopic (exact) mass is 453 g/mol. The van der Waals surface area contributed by atoms with Crippen LogP contribution in [-0.2, 0) is 10.1 Å². The fourth-order valence-electron chi connectivity index (χ4n) is 0.900. The Morgan fingerprint density at radius 2 is 1.31 bits per heavy atom. The first kappa shape index (κ1) is 15.5. The van der Waals surface area contributed by atoms with Crippen LogP contribution in [0.15, 0.2) is 29.2 Å². The fraction of sp³-hybridized carbons (Fsp3) is 0. The maximum atomic E-state index is 10.8. The van der Waals surface area contributed by atoms with Crippen molar-refractivity contribution in [3.63, 3.8) is 0 Å². The third-order valence-electron chi connectivity index (χ3n) is 1.62. The molecule has 0 heterocycles. The van der Waals surface area contributed by atoms with Gasteiger partial charge in [0, 0.05) is 0 Å². The van der Waals surface area contributed by atoms with Crippen LogP contribution in [0.1, 0.15) is 0 Å². The molecule has 0 amide bonds. The topological polar surface area (TPSA) is 54.4 Å². The zero-order chi connectivity index (χ0) is 12.9. The summed E-state index contributed by atoms with van der Waals surface area (Å²) < 4.78 is 30.3. The first-order chi connectivity index (χ1) is 6.70. The molecule has 0 spiro atoms. The van der Waals surface area contributed by atoms with Crippen molar-refractivity contribution >= 4 is 68.1 Å². The van der Waals surface area contributed by atoms with Crippen LogP contribution in [-0.4, -0.2) is 23.3 Å². The van der Waals surface area contributed by atoms with Gasteiger partial charge in [-0.2, -0.15) is 0 Å². The van der Waals surface area contributed by atoms with Gasteiger partial charge in [0.05, 0.1) is 0 Å². The average Bonchev–Trinajstić information content (AvgIpc) is 1.99. The molecule has 0 aromatic heterocycles. The molecule has 0 aliphatic rings. The molecule has 0 fully saturated rings. The van der Waals surface area contributed by atoms with E-state index in [2.05, 4.69) is 0 Å². The van der Waals surface area contributed by atoms with E-state index < -0.39 is 20.4 Å². The molecule has 3 nitrogen and oxygen atoms in total. The van der Waals surface area contributed by atoms with E-state index in [1.807, 2.05) is 0 Å². The Hall–Kier alpha value is 1.40. The van der Waals surface area contributed by atoms with Crippen molar-refractivity contribution in [2.24, 2.45) is 0 Å². The molecule has 0 aliphatic heterocycles. The van der Waals surface area contributed by atoms with Gasteiger partial charge in [-0.15, -0.1) is 0 Å². The number of benzene rings is 1. The zero-order valence-corrected chi connectivity index (χ0v) is 14.5. The van der Waals surface area contributed by atoms with Gasteiger partial charge < -0.3 is 0 Å². The van der Waals surface area contributed by atoms with E-state index in [1.165, 1.54) is 0 Å². The second kappa shape index (κ2) is 3.70. The van der Waals surface area contributed by atoms with Gasteiger partial charge in [-0.1, -0.05) is 0 Å². The van der Waals surface area contributed by atoms with Gasteiger partial charge in [0.1, 0.15) is 0 Å². The standard InChI is InChI=1S/C6H5O3S.5ClH.Sb/c7-10(8,9)6-4-2-1-3-5-6;;;;;;/h2-5H,(H,7,8,9);5*1H;/q;;;;;;+4/p-5. The number of rotatable bonds is 2. The molecule has 0 radical (unpaired) electrons. The van der Waals surface area contributed by atoms with Gasteiger partial charge in [-0.25, -0.2) is 0 Å². The minimum absolute atomic E-state index is 0.0229. The second-order valence-corrected chi connectivity index (χ2v) is 51.9. The number of hydrogen-bond donors (Lipinski definition) is 1. The molecule has 1 N–H and O–H groups in total. The maximum absolute atomic E-state index is 10.8. The summed E-state index contributed by atoms with van der Waals surface area (Å²) in [6.45, 7) is 0.